The number of nitrogens with zero attached hydrogens (tertiary/aromatic N) is 2. The van der Waals surface area contributed by atoms with Crippen molar-refractivity contribution in [3.05, 3.63) is 13.2 Å². The minimum absolute atomic E-state index is 0. The van der Waals surface area contributed by atoms with E-state index in [0.29, 0.717) is 46.7 Å². The van der Waals surface area contributed by atoms with Crippen LogP contribution in [0.15, 0.2) is 13.2 Å². The Balaban J connectivity index is -0.0000000691. The quantitative estimate of drug-likeness (QED) is 0.508. The van der Waals surface area contributed by atoms with Crippen LogP contribution < -0.4 is 5.73 Å². The number of hydrogen-bond acceptors (Lipinski definition) is 8. The molecular weight excluding hydrogens is 374 g/mol. The number of nitrogens with two attached hydrogens (primary N) is 1. The number of rotatable bonds is 3. The van der Waals surface area contributed by atoms with Crippen molar-refractivity contribution in [2.24, 2.45) is 5.73 Å². The van der Waals surface area contributed by atoms with Crippen LogP contribution in [0.4, 0.5) is 0 Å². The van der Waals surface area contributed by atoms with E-state index in [4.69, 9.17) is 29.4 Å². The predicted molar refractivity (Wildman–Crippen MR) is 131 cm³/mol. The summed E-state index contributed by atoms with van der Waals surface area (Å²) in [6, 6.07) is 0. The smallest absolute Gasteiger partial charge is 0.150 e. The molecule has 8 nitrogen and oxygen atoms in total. The summed E-state index contributed by atoms with van der Waals surface area (Å²) in [6.07, 6.45) is 0. The molecule has 1 aliphatic rings. The molecule has 0 aromatic rings. The lowest BCUT2D eigenvalue weighted by atomic mass is 10.6. The first-order valence-electron chi connectivity index (χ1n) is 7.82. The van der Waals surface area contributed by atoms with Crippen molar-refractivity contribution in [3.8, 4) is 0 Å². The van der Waals surface area contributed by atoms with Gasteiger partial charge in [-0.25, -0.2) is 0 Å². The maximum atomic E-state index is 5.41. The molecule has 2 N–H and O–H groups in total. The maximum absolute atomic E-state index is 5.41. The zero-order chi connectivity index (χ0) is 17.8. The van der Waals surface area contributed by atoms with Crippen molar-refractivity contribution in [1.29, 1.82) is 0 Å². The first-order valence-corrected chi connectivity index (χ1v) is 7.82. The second kappa shape index (κ2) is 45.9. The van der Waals surface area contributed by atoms with Crippen molar-refractivity contribution in [3.63, 3.8) is 0 Å². The van der Waals surface area contributed by atoms with Gasteiger partial charge in [0.15, 0.2) is 0 Å². The van der Waals surface area contributed by atoms with E-state index < -0.39 is 0 Å². The molecule has 188 valence electrons. The Kier molecular flexibility index (Phi) is 81.1. The van der Waals surface area contributed by atoms with Gasteiger partial charge in [0.25, 0.3) is 0 Å². The van der Waals surface area contributed by atoms with Crippen LogP contribution in [0.5, 0.6) is 0 Å². The summed E-state index contributed by atoms with van der Waals surface area (Å²) >= 11 is 0. The van der Waals surface area contributed by atoms with Gasteiger partial charge >= 0.3 is 0 Å². The molecule has 1 fully saturated rings. The highest BCUT2D eigenvalue weighted by Gasteiger charge is 2.06. The van der Waals surface area contributed by atoms with Gasteiger partial charge < -0.3 is 29.4 Å². The third-order valence-electron chi connectivity index (χ3n) is 2.48. The average molecular weight is 434 g/mol. The van der Waals surface area contributed by atoms with Crippen LogP contribution in [0.1, 0.15) is 58.4 Å². The fraction of sp³-hybridized carbons (Fsp3) is 0.905. The standard InChI is InChI=1S/C11H25N3O5.C2H6.C2H4.6CH4/c1-13-2-4-15-10-16-5-3-14(8-17-6-12)9-19-11-18-7-13;2*1-2;;;;;;/h2-12H2,1H3;1-2H3;1-2H2;6*1H4. The van der Waals surface area contributed by atoms with Gasteiger partial charge in [0.05, 0.1) is 19.9 Å². The summed E-state index contributed by atoms with van der Waals surface area (Å²) in [7, 11) is 1.96. The number of likely N-dealkylation sites (N-methyl/N-ethyl adjacent to an activating group) is 1. The van der Waals surface area contributed by atoms with Crippen molar-refractivity contribution in [1.82, 2.24) is 9.80 Å². The van der Waals surface area contributed by atoms with Crippen LogP contribution in [0.3, 0.4) is 0 Å². The minimum Gasteiger partial charge on any atom is -0.354 e. The van der Waals surface area contributed by atoms with Gasteiger partial charge in [0.2, 0.25) is 0 Å². The fourth-order valence-corrected chi connectivity index (χ4v) is 1.42. The zero-order valence-corrected chi connectivity index (χ0v) is 15.0. The summed E-state index contributed by atoms with van der Waals surface area (Å²) < 4.78 is 26.6. The largest absolute Gasteiger partial charge is 0.354 e. The van der Waals surface area contributed by atoms with Gasteiger partial charge in [-0.3, -0.25) is 9.80 Å². The van der Waals surface area contributed by atoms with Gasteiger partial charge in [-0.15, -0.1) is 13.2 Å². The Bertz CT molecular complexity index is 228. The third kappa shape index (κ3) is 38.6. The molecule has 0 aliphatic carbocycles. The summed E-state index contributed by atoms with van der Waals surface area (Å²) in [5.41, 5.74) is 5.30. The van der Waals surface area contributed by atoms with Crippen LogP contribution in [-0.2, 0) is 23.7 Å². The van der Waals surface area contributed by atoms with Crippen LogP contribution >= 0.6 is 0 Å². The van der Waals surface area contributed by atoms with Crippen LogP contribution in [0, 0.1) is 0 Å². The van der Waals surface area contributed by atoms with Crippen LogP contribution in [-0.4, -0.2) is 83.7 Å². The second-order valence-electron chi connectivity index (χ2n) is 4.19. The zero-order valence-electron chi connectivity index (χ0n) is 15.0. The van der Waals surface area contributed by atoms with Gasteiger partial charge in [0.1, 0.15) is 33.8 Å². The lowest BCUT2D eigenvalue weighted by Crippen LogP contribution is -2.34. The molecule has 0 unspecified atom stereocenters. The van der Waals surface area contributed by atoms with Gasteiger partial charge in [0, 0.05) is 13.1 Å². The van der Waals surface area contributed by atoms with Gasteiger partial charge in [-0.05, 0) is 7.05 Å². The Morgan fingerprint density at radius 3 is 1.76 bits per heavy atom. The molecule has 0 atom stereocenters. The van der Waals surface area contributed by atoms with E-state index >= 15 is 0 Å². The maximum Gasteiger partial charge on any atom is 0.150 e. The Morgan fingerprint density at radius 1 is 0.793 bits per heavy atom. The van der Waals surface area contributed by atoms with Crippen molar-refractivity contribution in [2.75, 3.05) is 73.9 Å². The second-order valence-corrected chi connectivity index (χ2v) is 4.19. The van der Waals surface area contributed by atoms with Gasteiger partial charge in [-0.2, -0.15) is 0 Å². The highest BCUT2D eigenvalue weighted by Crippen LogP contribution is 1.94. The van der Waals surface area contributed by atoms with E-state index in [1.165, 1.54) is 0 Å². The summed E-state index contributed by atoms with van der Waals surface area (Å²) in [6.45, 7) is 14.7. The monoisotopic (exact) mass is 433 g/mol. The first kappa shape index (κ1) is 51.2. The molecule has 1 rings (SSSR count). The molecular formula is C21H59N3O5. The molecule has 1 aliphatic heterocycles. The van der Waals surface area contributed by atoms with E-state index in [-0.39, 0.29) is 58.1 Å². The van der Waals surface area contributed by atoms with E-state index in [1.807, 2.05) is 30.7 Å². The Morgan fingerprint density at radius 2 is 1.24 bits per heavy atom. The van der Waals surface area contributed by atoms with Crippen molar-refractivity contribution < 1.29 is 23.7 Å². The van der Waals surface area contributed by atoms with Crippen LogP contribution in [0.2, 0.25) is 0 Å². The summed E-state index contributed by atoms with van der Waals surface area (Å²) in [5.74, 6) is 0. The average Bonchev–Trinajstić information content (AvgIpc) is 2.60. The highest BCUT2D eigenvalue weighted by molar-refractivity contribution is 4.47. The molecule has 0 aromatic heterocycles. The summed E-state index contributed by atoms with van der Waals surface area (Å²) in [4.78, 5) is 3.94. The third-order valence-corrected chi connectivity index (χ3v) is 2.48. The molecule has 0 spiro atoms. The molecule has 1 saturated heterocycles. The molecule has 29 heavy (non-hydrogen) atoms. The van der Waals surface area contributed by atoms with E-state index in [2.05, 4.69) is 13.2 Å². The molecule has 8 heteroatoms. The van der Waals surface area contributed by atoms with E-state index in [0.717, 1.165) is 6.54 Å². The topological polar surface area (TPSA) is 78.7 Å². The van der Waals surface area contributed by atoms with E-state index in [9.17, 15) is 0 Å². The lowest BCUT2D eigenvalue weighted by Gasteiger charge is -2.23. The highest BCUT2D eigenvalue weighted by atomic mass is 16.7. The minimum atomic E-state index is 0. The Labute approximate surface area is 185 Å². The van der Waals surface area contributed by atoms with Gasteiger partial charge in [-0.1, -0.05) is 58.4 Å². The predicted octanol–water partition coefficient (Wildman–Crippen LogP) is 4.67. The molecule has 0 amide bonds. The summed E-state index contributed by atoms with van der Waals surface area (Å²) in [5, 5.41) is 0. The normalized spacial score (nSPS) is 15.4. The van der Waals surface area contributed by atoms with Crippen molar-refractivity contribution in [2.45, 2.75) is 58.4 Å². The van der Waals surface area contributed by atoms with Crippen LogP contribution in [0.25, 0.3) is 0 Å². The molecule has 0 bridgehead atoms. The number of ether oxygens (including phenoxy) is 5. The Hall–Kier alpha value is -0.580. The molecule has 1 heterocycles. The van der Waals surface area contributed by atoms with Crippen molar-refractivity contribution >= 4 is 0 Å². The molecule has 0 saturated carbocycles. The van der Waals surface area contributed by atoms with E-state index in [1.54, 1.807) is 0 Å². The molecule has 0 aromatic carbocycles. The lowest BCUT2D eigenvalue weighted by molar-refractivity contribution is -0.142. The molecule has 0 radical (unpaired) electrons. The first-order chi connectivity index (χ1) is 11.3. The fourth-order valence-electron chi connectivity index (χ4n) is 1.42. The number of hydrogen-bond donors (Lipinski definition) is 1. The SMILES string of the molecule is C.C.C.C.C.C.C=C.CC.CN1CCOCOCCN(COCN)COCOC1.